The van der Waals surface area contributed by atoms with E-state index >= 15 is 0 Å². The topological polar surface area (TPSA) is 46.6 Å². The number of hydrogen-bond donors (Lipinski definition) is 0. The van der Waals surface area contributed by atoms with Crippen molar-refractivity contribution in [2.45, 2.75) is 4.90 Å². The molecule has 0 atom stereocenters. The molecule has 6 heteroatoms. The molecule has 0 fully saturated rings. The van der Waals surface area contributed by atoms with E-state index in [9.17, 15) is 8.42 Å². The Morgan fingerprint density at radius 2 is 1.75 bits per heavy atom. The quantitative estimate of drug-likeness (QED) is 0.871. The molecule has 2 aromatic rings. The average Bonchev–Trinajstić information content (AvgIpc) is 2.47. The summed E-state index contributed by atoms with van der Waals surface area (Å²) in [6.07, 6.45) is 0. The van der Waals surface area contributed by atoms with Crippen molar-refractivity contribution in [3.8, 4) is 5.75 Å². The predicted octanol–water partition coefficient (Wildman–Crippen LogP) is 3.17. The number of sulfonamides is 1. The molecule has 4 nitrogen and oxygen atoms in total. The van der Waals surface area contributed by atoms with Crippen molar-refractivity contribution < 1.29 is 13.2 Å². The first-order chi connectivity index (χ1) is 9.46. The van der Waals surface area contributed by atoms with Crippen LogP contribution in [0.15, 0.2) is 53.4 Å². The van der Waals surface area contributed by atoms with Gasteiger partial charge < -0.3 is 4.74 Å². The Kier molecular flexibility index (Phi) is 4.20. The van der Waals surface area contributed by atoms with Crippen LogP contribution in [0, 0.1) is 0 Å². The Morgan fingerprint density at radius 3 is 2.30 bits per heavy atom. The summed E-state index contributed by atoms with van der Waals surface area (Å²) < 4.78 is 31.3. The minimum absolute atomic E-state index is 0.120. The van der Waals surface area contributed by atoms with Crippen molar-refractivity contribution in [1.29, 1.82) is 0 Å². The van der Waals surface area contributed by atoms with Crippen molar-refractivity contribution in [2.75, 3.05) is 18.5 Å². The fraction of sp³-hybridized carbons (Fsp3) is 0.143. The van der Waals surface area contributed by atoms with Crippen LogP contribution in [0.4, 0.5) is 5.69 Å². The van der Waals surface area contributed by atoms with Gasteiger partial charge in [0.2, 0.25) is 0 Å². The largest absolute Gasteiger partial charge is 0.495 e. The first-order valence-electron chi connectivity index (χ1n) is 5.84. The summed E-state index contributed by atoms with van der Waals surface area (Å²) in [6, 6.07) is 13.2. The summed E-state index contributed by atoms with van der Waals surface area (Å²) >= 11 is 5.98. The molecular weight excluding hydrogens is 298 g/mol. The molecule has 0 bridgehead atoms. The van der Waals surface area contributed by atoms with Gasteiger partial charge in [-0.05, 0) is 30.3 Å². The van der Waals surface area contributed by atoms with Gasteiger partial charge in [0.25, 0.3) is 10.0 Å². The summed E-state index contributed by atoms with van der Waals surface area (Å²) in [7, 11) is -0.666. The number of anilines is 1. The summed E-state index contributed by atoms with van der Waals surface area (Å²) in [5, 5.41) is 0.259. The van der Waals surface area contributed by atoms with Crippen LogP contribution in [0.25, 0.3) is 0 Å². The van der Waals surface area contributed by atoms with E-state index in [2.05, 4.69) is 0 Å². The fourth-order valence-corrected chi connectivity index (χ4v) is 3.29. The van der Waals surface area contributed by atoms with Gasteiger partial charge in [0.1, 0.15) is 5.75 Å². The molecule has 20 heavy (non-hydrogen) atoms. The third-order valence-corrected chi connectivity index (χ3v) is 4.98. The van der Waals surface area contributed by atoms with Crippen molar-refractivity contribution >= 4 is 27.3 Å². The Morgan fingerprint density at radius 1 is 1.10 bits per heavy atom. The van der Waals surface area contributed by atoms with Crippen molar-refractivity contribution in [3.05, 3.63) is 53.6 Å². The van der Waals surface area contributed by atoms with Crippen molar-refractivity contribution in [3.63, 3.8) is 0 Å². The second-order valence-corrected chi connectivity index (χ2v) is 6.48. The molecule has 0 aliphatic carbocycles. The molecule has 0 aliphatic rings. The fourth-order valence-electron chi connectivity index (χ4n) is 1.74. The summed E-state index contributed by atoms with van der Waals surface area (Å²) in [5.41, 5.74) is 0.583. The van der Waals surface area contributed by atoms with E-state index in [1.54, 1.807) is 24.3 Å². The summed E-state index contributed by atoms with van der Waals surface area (Å²) in [5.74, 6) is 0.438. The maximum Gasteiger partial charge on any atom is 0.264 e. The van der Waals surface area contributed by atoms with Gasteiger partial charge in [0.15, 0.2) is 0 Å². The highest BCUT2D eigenvalue weighted by molar-refractivity contribution is 7.92. The second kappa shape index (κ2) is 5.73. The number of para-hydroxylation sites is 1. The third kappa shape index (κ3) is 2.73. The van der Waals surface area contributed by atoms with Crippen LogP contribution in [-0.2, 0) is 10.0 Å². The van der Waals surface area contributed by atoms with Crippen LogP contribution in [0.1, 0.15) is 0 Å². The van der Waals surface area contributed by atoms with Crippen molar-refractivity contribution in [1.82, 2.24) is 0 Å². The zero-order valence-corrected chi connectivity index (χ0v) is 12.6. The van der Waals surface area contributed by atoms with Gasteiger partial charge in [-0.3, -0.25) is 4.31 Å². The van der Waals surface area contributed by atoms with Crippen LogP contribution in [0.2, 0.25) is 5.02 Å². The molecule has 2 aromatic carbocycles. The third-order valence-electron chi connectivity index (χ3n) is 2.90. The van der Waals surface area contributed by atoms with Gasteiger partial charge in [-0.1, -0.05) is 29.8 Å². The molecule has 0 unspecified atom stereocenters. The monoisotopic (exact) mass is 311 g/mol. The normalized spacial score (nSPS) is 11.2. The zero-order chi connectivity index (χ0) is 14.8. The predicted molar refractivity (Wildman–Crippen MR) is 80.0 cm³/mol. The molecule has 0 saturated heterocycles. The van der Waals surface area contributed by atoms with E-state index in [1.165, 1.54) is 36.7 Å². The van der Waals surface area contributed by atoms with E-state index in [1.807, 2.05) is 6.07 Å². The molecule has 0 saturated carbocycles. The maximum absolute atomic E-state index is 12.5. The number of methoxy groups -OCH3 is 1. The van der Waals surface area contributed by atoms with E-state index < -0.39 is 10.0 Å². The SMILES string of the molecule is COc1ccc(S(=O)(=O)N(C)c2ccccc2)cc1Cl. The Balaban J connectivity index is 2.43. The lowest BCUT2D eigenvalue weighted by Crippen LogP contribution is -2.26. The smallest absolute Gasteiger partial charge is 0.264 e. The first-order valence-corrected chi connectivity index (χ1v) is 7.66. The lowest BCUT2D eigenvalue weighted by molar-refractivity contribution is 0.414. The van der Waals surface area contributed by atoms with Gasteiger partial charge in [-0.25, -0.2) is 8.42 Å². The maximum atomic E-state index is 12.5. The highest BCUT2D eigenvalue weighted by Crippen LogP contribution is 2.29. The molecular formula is C14H14ClNO3S. The minimum atomic E-state index is -3.65. The summed E-state index contributed by atoms with van der Waals surface area (Å²) in [4.78, 5) is 0.120. The first kappa shape index (κ1) is 14.7. The van der Waals surface area contributed by atoms with E-state index in [0.717, 1.165) is 0 Å². The van der Waals surface area contributed by atoms with E-state index in [4.69, 9.17) is 16.3 Å². The van der Waals surface area contributed by atoms with E-state index in [0.29, 0.717) is 11.4 Å². The number of halogens is 1. The molecule has 0 heterocycles. The number of ether oxygens (including phenoxy) is 1. The number of nitrogens with zero attached hydrogens (tertiary/aromatic N) is 1. The van der Waals surface area contributed by atoms with Gasteiger partial charge in [0, 0.05) is 7.05 Å². The van der Waals surface area contributed by atoms with Crippen LogP contribution in [-0.4, -0.2) is 22.6 Å². The molecule has 0 amide bonds. The minimum Gasteiger partial charge on any atom is -0.495 e. The van der Waals surface area contributed by atoms with Crippen LogP contribution < -0.4 is 9.04 Å². The van der Waals surface area contributed by atoms with Gasteiger partial charge >= 0.3 is 0 Å². The van der Waals surface area contributed by atoms with Gasteiger partial charge in [-0.2, -0.15) is 0 Å². The van der Waals surface area contributed by atoms with Gasteiger partial charge in [-0.15, -0.1) is 0 Å². The molecule has 0 N–H and O–H groups in total. The van der Waals surface area contributed by atoms with Crippen LogP contribution in [0.3, 0.4) is 0 Å². The second-order valence-electron chi connectivity index (χ2n) is 4.10. The lowest BCUT2D eigenvalue weighted by atomic mass is 10.3. The Hall–Kier alpha value is -1.72. The number of benzene rings is 2. The molecule has 2 rings (SSSR count). The highest BCUT2D eigenvalue weighted by atomic mass is 35.5. The molecule has 0 radical (unpaired) electrons. The number of hydrogen-bond acceptors (Lipinski definition) is 3. The number of rotatable bonds is 4. The Labute approximate surface area is 123 Å². The van der Waals surface area contributed by atoms with Crippen molar-refractivity contribution in [2.24, 2.45) is 0 Å². The van der Waals surface area contributed by atoms with E-state index in [-0.39, 0.29) is 9.92 Å². The standard InChI is InChI=1S/C14H14ClNO3S/c1-16(11-6-4-3-5-7-11)20(17,18)12-8-9-14(19-2)13(15)10-12/h3-10H,1-2H3. The average molecular weight is 312 g/mol. The molecule has 0 aromatic heterocycles. The molecule has 0 spiro atoms. The van der Waals surface area contributed by atoms with Gasteiger partial charge in [0.05, 0.1) is 22.7 Å². The zero-order valence-electron chi connectivity index (χ0n) is 11.1. The molecule has 0 aliphatic heterocycles. The molecule has 106 valence electrons. The highest BCUT2D eigenvalue weighted by Gasteiger charge is 2.22. The summed E-state index contributed by atoms with van der Waals surface area (Å²) in [6.45, 7) is 0. The Bertz CT molecular complexity index is 702. The van der Waals surface area contributed by atoms with Crippen LogP contribution in [0.5, 0.6) is 5.75 Å². The van der Waals surface area contributed by atoms with Crippen LogP contribution >= 0.6 is 11.6 Å². The lowest BCUT2D eigenvalue weighted by Gasteiger charge is -2.19.